The van der Waals surface area contributed by atoms with Gasteiger partial charge in [0.25, 0.3) is 5.56 Å². The fraction of sp³-hybridized carbons (Fsp3) is 0.267. The van der Waals surface area contributed by atoms with Crippen LogP contribution in [0.15, 0.2) is 32.4 Å². The molecular formula is C15H15BrN2O3. The van der Waals surface area contributed by atoms with Crippen molar-refractivity contribution in [3.8, 4) is 0 Å². The fourth-order valence-corrected chi connectivity index (χ4v) is 2.80. The summed E-state index contributed by atoms with van der Waals surface area (Å²) in [6.45, 7) is 5.61. The lowest BCUT2D eigenvalue weighted by molar-refractivity contribution is 0.0969. The number of carbonyl (C=O) groups is 1. The highest BCUT2D eigenvalue weighted by molar-refractivity contribution is 9.10. The molecule has 0 aliphatic rings. The predicted molar refractivity (Wildman–Crippen MR) is 84.0 cm³/mol. The number of ketones is 1. The molecule has 1 N–H and O–H groups in total. The van der Waals surface area contributed by atoms with Crippen molar-refractivity contribution in [2.75, 3.05) is 0 Å². The Labute approximate surface area is 129 Å². The average Bonchev–Trinajstić information content (AvgIpc) is 2.34. The van der Waals surface area contributed by atoms with E-state index in [1.807, 2.05) is 32.9 Å². The van der Waals surface area contributed by atoms with E-state index in [4.69, 9.17) is 0 Å². The molecule has 0 saturated carbocycles. The summed E-state index contributed by atoms with van der Waals surface area (Å²) in [5.41, 5.74) is 2.37. The van der Waals surface area contributed by atoms with Crippen molar-refractivity contribution < 1.29 is 4.79 Å². The molecular weight excluding hydrogens is 336 g/mol. The number of aryl methyl sites for hydroxylation is 3. The van der Waals surface area contributed by atoms with Crippen LogP contribution in [-0.4, -0.2) is 15.3 Å². The molecule has 2 aromatic rings. The molecule has 0 amide bonds. The Bertz CT molecular complexity index is 811. The van der Waals surface area contributed by atoms with Gasteiger partial charge in [0.2, 0.25) is 0 Å². The summed E-state index contributed by atoms with van der Waals surface area (Å²) in [5.74, 6) is -0.161. The highest BCUT2D eigenvalue weighted by Crippen LogP contribution is 2.17. The fourth-order valence-electron chi connectivity index (χ4n) is 2.45. The van der Waals surface area contributed by atoms with Gasteiger partial charge in [0.15, 0.2) is 5.78 Å². The maximum Gasteiger partial charge on any atom is 0.328 e. The summed E-state index contributed by atoms with van der Waals surface area (Å²) in [7, 11) is 0. The number of H-pyrrole nitrogens is 1. The lowest BCUT2D eigenvalue weighted by atomic mass is 9.96. The number of hydrogen-bond acceptors (Lipinski definition) is 3. The van der Waals surface area contributed by atoms with Crippen molar-refractivity contribution >= 4 is 21.7 Å². The molecule has 0 aliphatic carbocycles. The molecule has 1 heterocycles. The first-order chi connectivity index (χ1) is 9.79. The smallest absolute Gasteiger partial charge is 0.292 e. The Balaban J connectivity index is 2.42. The third-order valence-electron chi connectivity index (χ3n) is 3.24. The van der Waals surface area contributed by atoms with E-state index in [9.17, 15) is 14.4 Å². The van der Waals surface area contributed by atoms with Gasteiger partial charge in [0.1, 0.15) is 0 Å². The predicted octanol–water partition coefficient (Wildman–Crippen LogP) is 2.11. The van der Waals surface area contributed by atoms with Gasteiger partial charge < -0.3 is 0 Å². The second kappa shape index (κ2) is 5.81. The highest BCUT2D eigenvalue weighted by atomic mass is 79.9. The van der Waals surface area contributed by atoms with E-state index in [0.29, 0.717) is 5.56 Å². The van der Waals surface area contributed by atoms with Crippen molar-refractivity contribution in [2.45, 2.75) is 27.3 Å². The highest BCUT2D eigenvalue weighted by Gasteiger charge is 2.14. The lowest BCUT2D eigenvalue weighted by Crippen LogP contribution is -2.32. The summed E-state index contributed by atoms with van der Waals surface area (Å²) in [6.07, 6.45) is 1.33. The molecule has 0 saturated heterocycles. The number of halogens is 1. The van der Waals surface area contributed by atoms with Crippen molar-refractivity contribution in [1.29, 1.82) is 0 Å². The van der Waals surface area contributed by atoms with E-state index < -0.39 is 11.2 Å². The van der Waals surface area contributed by atoms with Gasteiger partial charge in [0.05, 0.1) is 11.0 Å². The minimum absolute atomic E-state index is 0.112. The molecule has 0 bridgehead atoms. The van der Waals surface area contributed by atoms with E-state index >= 15 is 0 Å². The normalized spacial score (nSPS) is 10.7. The third kappa shape index (κ3) is 3.21. The van der Waals surface area contributed by atoms with Crippen LogP contribution in [0.1, 0.15) is 27.0 Å². The Morgan fingerprint density at radius 3 is 2.33 bits per heavy atom. The zero-order valence-electron chi connectivity index (χ0n) is 12.0. The largest absolute Gasteiger partial charge is 0.328 e. The van der Waals surface area contributed by atoms with Crippen LogP contribution in [0.3, 0.4) is 0 Å². The zero-order valence-corrected chi connectivity index (χ0v) is 13.6. The van der Waals surface area contributed by atoms with Crippen LogP contribution in [0, 0.1) is 20.8 Å². The molecule has 2 rings (SSSR count). The first-order valence-corrected chi connectivity index (χ1v) is 7.19. The van der Waals surface area contributed by atoms with Crippen LogP contribution in [0.25, 0.3) is 0 Å². The minimum Gasteiger partial charge on any atom is -0.292 e. The number of hydrogen-bond donors (Lipinski definition) is 1. The summed E-state index contributed by atoms with van der Waals surface area (Å²) in [4.78, 5) is 37.6. The molecule has 0 unspecified atom stereocenters. The number of aromatic amines is 1. The van der Waals surface area contributed by atoms with Gasteiger partial charge in [-0.3, -0.25) is 19.1 Å². The van der Waals surface area contributed by atoms with Crippen molar-refractivity contribution in [2.24, 2.45) is 0 Å². The van der Waals surface area contributed by atoms with Crippen LogP contribution >= 0.6 is 15.9 Å². The van der Waals surface area contributed by atoms with Gasteiger partial charge in [-0.05, 0) is 47.8 Å². The van der Waals surface area contributed by atoms with Crippen molar-refractivity contribution in [1.82, 2.24) is 9.55 Å². The van der Waals surface area contributed by atoms with Crippen LogP contribution in [-0.2, 0) is 6.54 Å². The van der Waals surface area contributed by atoms with Crippen LogP contribution in [0.5, 0.6) is 0 Å². The Kier molecular flexibility index (Phi) is 4.27. The molecule has 0 atom stereocenters. The Morgan fingerprint density at radius 1 is 1.19 bits per heavy atom. The van der Waals surface area contributed by atoms with Crippen LogP contribution in [0.4, 0.5) is 0 Å². The number of nitrogens with one attached hydrogen (secondary N) is 1. The second-order valence-electron chi connectivity index (χ2n) is 5.06. The molecule has 6 heteroatoms. The monoisotopic (exact) mass is 350 g/mol. The standard InChI is InChI=1S/C15H15BrN2O3/c1-8-4-9(2)13(10(3)5-8)12(19)7-18-6-11(16)14(20)17-15(18)21/h4-6H,7H2,1-3H3,(H,17,20,21). The Morgan fingerprint density at radius 2 is 1.76 bits per heavy atom. The number of benzene rings is 1. The van der Waals surface area contributed by atoms with E-state index in [2.05, 4.69) is 20.9 Å². The van der Waals surface area contributed by atoms with Crippen LogP contribution < -0.4 is 11.2 Å². The summed E-state index contributed by atoms with van der Waals surface area (Å²) in [5, 5.41) is 0. The van der Waals surface area contributed by atoms with Gasteiger partial charge in [-0.1, -0.05) is 17.7 Å². The van der Waals surface area contributed by atoms with Gasteiger partial charge in [0, 0.05) is 11.8 Å². The van der Waals surface area contributed by atoms with E-state index in [1.54, 1.807) is 0 Å². The van der Waals surface area contributed by atoms with Crippen LogP contribution in [0.2, 0.25) is 0 Å². The van der Waals surface area contributed by atoms with Gasteiger partial charge in [-0.2, -0.15) is 0 Å². The topological polar surface area (TPSA) is 71.9 Å². The van der Waals surface area contributed by atoms with E-state index in [0.717, 1.165) is 16.7 Å². The first kappa shape index (κ1) is 15.4. The van der Waals surface area contributed by atoms with Gasteiger partial charge in [-0.25, -0.2) is 4.79 Å². The average molecular weight is 351 g/mol. The number of nitrogens with zero attached hydrogens (tertiary/aromatic N) is 1. The molecule has 110 valence electrons. The molecule has 1 aromatic carbocycles. The molecule has 21 heavy (non-hydrogen) atoms. The lowest BCUT2D eigenvalue weighted by Gasteiger charge is -2.11. The molecule has 0 spiro atoms. The summed E-state index contributed by atoms with van der Waals surface area (Å²) in [6, 6.07) is 3.87. The first-order valence-electron chi connectivity index (χ1n) is 6.40. The van der Waals surface area contributed by atoms with Gasteiger partial charge in [-0.15, -0.1) is 0 Å². The summed E-state index contributed by atoms with van der Waals surface area (Å²) >= 11 is 3.05. The molecule has 0 fully saturated rings. The molecule has 0 aliphatic heterocycles. The number of aromatic nitrogens is 2. The number of rotatable bonds is 3. The zero-order chi connectivity index (χ0) is 15.7. The summed E-state index contributed by atoms with van der Waals surface area (Å²) < 4.78 is 1.40. The molecule has 5 nitrogen and oxygen atoms in total. The Hall–Kier alpha value is -1.95. The van der Waals surface area contributed by atoms with Crippen molar-refractivity contribution in [3.63, 3.8) is 0 Å². The maximum absolute atomic E-state index is 12.4. The second-order valence-corrected chi connectivity index (χ2v) is 5.92. The number of carbonyl (C=O) groups excluding carboxylic acids is 1. The van der Waals surface area contributed by atoms with Crippen molar-refractivity contribution in [3.05, 3.63) is 65.9 Å². The van der Waals surface area contributed by atoms with Gasteiger partial charge >= 0.3 is 5.69 Å². The molecule has 0 radical (unpaired) electrons. The number of Topliss-reactive ketones (excluding diaryl/α,β-unsaturated/α-hetero) is 1. The van der Waals surface area contributed by atoms with E-state index in [-0.39, 0.29) is 16.8 Å². The van der Waals surface area contributed by atoms with E-state index in [1.165, 1.54) is 10.8 Å². The minimum atomic E-state index is -0.598. The maximum atomic E-state index is 12.4. The quantitative estimate of drug-likeness (QED) is 0.861. The molecule has 1 aromatic heterocycles. The SMILES string of the molecule is Cc1cc(C)c(C(=O)Cn2cc(Br)c(=O)[nH]c2=O)c(C)c1. The third-order valence-corrected chi connectivity index (χ3v) is 3.80.